The Labute approximate surface area is 93.1 Å². The number of Topliss-reactive ketones (excluding diaryl/α,β-unsaturated/α-hetero) is 1. The molecule has 16 heavy (non-hydrogen) atoms. The number of ether oxygens (including phenoxy) is 1. The van der Waals surface area contributed by atoms with Gasteiger partial charge >= 0.3 is 0 Å². The highest BCUT2D eigenvalue weighted by molar-refractivity contribution is 5.97. The van der Waals surface area contributed by atoms with Crippen LogP contribution >= 0.6 is 0 Å². The molecule has 0 amide bonds. The van der Waals surface area contributed by atoms with Crippen molar-refractivity contribution in [2.75, 3.05) is 13.2 Å². The Bertz CT molecular complexity index is 365. The molecule has 1 aromatic rings. The molecule has 2 aliphatic rings. The first-order chi connectivity index (χ1) is 7.83. The summed E-state index contributed by atoms with van der Waals surface area (Å²) in [5.41, 5.74) is 0.589. The van der Waals surface area contributed by atoms with Crippen LogP contribution in [-0.2, 0) is 4.74 Å². The number of ketones is 1. The monoisotopic (exact) mass is 222 g/mol. The van der Waals surface area contributed by atoms with Crippen LogP contribution in [-0.4, -0.2) is 36.2 Å². The van der Waals surface area contributed by atoms with E-state index >= 15 is 0 Å². The van der Waals surface area contributed by atoms with Crippen molar-refractivity contribution in [2.45, 2.75) is 24.9 Å². The molecule has 3 rings (SSSR count). The van der Waals surface area contributed by atoms with Crippen LogP contribution in [0.15, 0.2) is 17.0 Å². The first-order valence-electron chi connectivity index (χ1n) is 5.60. The van der Waals surface area contributed by atoms with Crippen molar-refractivity contribution < 1.29 is 14.1 Å². The average molecular weight is 222 g/mol. The van der Waals surface area contributed by atoms with Crippen LogP contribution in [0, 0.1) is 5.92 Å². The fourth-order valence-electron chi connectivity index (χ4n) is 2.61. The van der Waals surface area contributed by atoms with Gasteiger partial charge in [0.2, 0.25) is 0 Å². The minimum atomic E-state index is 0.0829. The Morgan fingerprint density at radius 3 is 2.75 bits per heavy atom. The minimum absolute atomic E-state index is 0.0829. The number of carbonyl (C=O) groups excluding carboxylic acids is 1. The molecular weight excluding hydrogens is 208 g/mol. The van der Waals surface area contributed by atoms with Crippen LogP contribution in [0.25, 0.3) is 0 Å². The molecule has 0 aliphatic carbocycles. The second-order valence-electron chi connectivity index (χ2n) is 4.54. The molecule has 1 N–H and O–H groups in total. The molecule has 1 aromatic heterocycles. The fraction of sp³-hybridized carbons (Fsp3) is 0.636. The normalized spacial score (nSPS) is 33.6. The first-order valence-corrected chi connectivity index (χ1v) is 5.60. The Kier molecular flexibility index (Phi) is 2.49. The second-order valence-corrected chi connectivity index (χ2v) is 4.54. The summed E-state index contributed by atoms with van der Waals surface area (Å²) >= 11 is 0. The average Bonchev–Trinajstić information content (AvgIpc) is 2.81. The van der Waals surface area contributed by atoms with E-state index in [1.165, 1.54) is 12.5 Å². The maximum atomic E-state index is 12.1. The van der Waals surface area contributed by atoms with E-state index in [0.29, 0.717) is 30.9 Å². The molecule has 2 atom stereocenters. The van der Waals surface area contributed by atoms with E-state index in [0.717, 1.165) is 12.8 Å². The molecule has 2 bridgehead atoms. The Hall–Kier alpha value is -1.20. The summed E-state index contributed by atoms with van der Waals surface area (Å²) < 4.78 is 10.2. The molecule has 5 heteroatoms. The van der Waals surface area contributed by atoms with E-state index < -0.39 is 0 Å². The van der Waals surface area contributed by atoms with Crippen molar-refractivity contribution in [1.82, 2.24) is 10.5 Å². The maximum Gasteiger partial charge on any atom is 0.170 e. The van der Waals surface area contributed by atoms with Gasteiger partial charge in [-0.25, -0.2) is 0 Å². The van der Waals surface area contributed by atoms with E-state index in [2.05, 4.69) is 10.5 Å². The Balaban J connectivity index is 1.73. The van der Waals surface area contributed by atoms with Gasteiger partial charge in [-0.1, -0.05) is 5.16 Å². The van der Waals surface area contributed by atoms with Crippen LogP contribution in [0.3, 0.4) is 0 Å². The lowest BCUT2D eigenvalue weighted by atomic mass is 9.83. The quantitative estimate of drug-likeness (QED) is 0.743. The summed E-state index contributed by atoms with van der Waals surface area (Å²) in [5, 5.41) is 7.04. The first kappa shape index (κ1) is 9.99. The van der Waals surface area contributed by atoms with Gasteiger partial charge in [-0.05, 0) is 12.8 Å². The van der Waals surface area contributed by atoms with Crippen LogP contribution < -0.4 is 5.32 Å². The molecule has 2 saturated heterocycles. The molecule has 2 fully saturated rings. The zero-order valence-corrected chi connectivity index (χ0v) is 8.89. The van der Waals surface area contributed by atoms with Gasteiger partial charge < -0.3 is 14.6 Å². The minimum Gasteiger partial charge on any atom is -0.378 e. The standard InChI is InChI=1S/C11H14N2O3/c14-11(8-3-12-16-4-8)7-1-9-5-15-6-10(2-7)13-9/h3-4,7,9-10,13H,1-2,5-6H2. The van der Waals surface area contributed by atoms with E-state index in [1.807, 2.05) is 0 Å². The summed E-state index contributed by atoms with van der Waals surface area (Å²) in [4.78, 5) is 12.1. The topological polar surface area (TPSA) is 64.4 Å². The smallest absolute Gasteiger partial charge is 0.170 e. The van der Waals surface area contributed by atoms with Gasteiger partial charge in [0, 0.05) is 18.0 Å². The van der Waals surface area contributed by atoms with Gasteiger partial charge in [0.05, 0.1) is 25.0 Å². The number of morpholine rings is 1. The Morgan fingerprint density at radius 2 is 2.12 bits per heavy atom. The van der Waals surface area contributed by atoms with E-state index in [-0.39, 0.29) is 11.7 Å². The maximum absolute atomic E-state index is 12.1. The van der Waals surface area contributed by atoms with Gasteiger partial charge in [-0.2, -0.15) is 0 Å². The second kappa shape index (κ2) is 3.99. The molecule has 5 nitrogen and oxygen atoms in total. The number of piperidine rings is 1. The lowest BCUT2D eigenvalue weighted by Gasteiger charge is -2.39. The lowest BCUT2D eigenvalue weighted by Crippen LogP contribution is -2.55. The molecule has 86 valence electrons. The van der Waals surface area contributed by atoms with Crippen molar-refractivity contribution in [3.63, 3.8) is 0 Å². The molecular formula is C11H14N2O3. The third kappa shape index (κ3) is 1.76. The highest BCUT2D eigenvalue weighted by Gasteiger charge is 2.35. The summed E-state index contributed by atoms with van der Waals surface area (Å²) in [5.74, 6) is 0.235. The molecule has 0 aromatic carbocycles. The van der Waals surface area contributed by atoms with Crippen molar-refractivity contribution in [3.05, 3.63) is 18.0 Å². The molecule has 2 aliphatic heterocycles. The van der Waals surface area contributed by atoms with Gasteiger partial charge in [0.25, 0.3) is 0 Å². The fourth-order valence-corrected chi connectivity index (χ4v) is 2.61. The van der Waals surface area contributed by atoms with Crippen molar-refractivity contribution in [2.24, 2.45) is 5.92 Å². The van der Waals surface area contributed by atoms with Crippen LogP contribution in [0.2, 0.25) is 0 Å². The number of hydrogen-bond acceptors (Lipinski definition) is 5. The Morgan fingerprint density at radius 1 is 1.38 bits per heavy atom. The molecule has 3 heterocycles. The summed E-state index contributed by atoms with van der Waals surface area (Å²) in [7, 11) is 0. The zero-order valence-electron chi connectivity index (χ0n) is 8.89. The third-order valence-electron chi connectivity index (χ3n) is 3.34. The molecule has 2 unspecified atom stereocenters. The SMILES string of the molecule is O=C(c1cnoc1)C1CC2COCC(C1)N2. The van der Waals surface area contributed by atoms with Gasteiger partial charge in [0.1, 0.15) is 6.26 Å². The van der Waals surface area contributed by atoms with E-state index in [4.69, 9.17) is 9.26 Å². The highest BCUT2D eigenvalue weighted by Crippen LogP contribution is 2.26. The van der Waals surface area contributed by atoms with Gasteiger partial charge in [0.15, 0.2) is 5.78 Å². The van der Waals surface area contributed by atoms with Crippen LogP contribution in [0.4, 0.5) is 0 Å². The predicted octanol–water partition coefficient (Wildman–Crippen LogP) is 0.624. The third-order valence-corrected chi connectivity index (χ3v) is 3.34. The number of aromatic nitrogens is 1. The van der Waals surface area contributed by atoms with Crippen LogP contribution in [0.5, 0.6) is 0 Å². The van der Waals surface area contributed by atoms with E-state index in [1.54, 1.807) is 0 Å². The van der Waals surface area contributed by atoms with Crippen molar-refractivity contribution in [1.29, 1.82) is 0 Å². The highest BCUT2D eigenvalue weighted by atomic mass is 16.5. The molecule has 0 spiro atoms. The number of nitrogens with one attached hydrogen (secondary N) is 1. The summed E-state index contributed by atoms with van der Waals surface area (Å²) in [6.45, 7) is 1.42. The van der Waals surface area contributed by atoms with Gasteiger partial charge in [-0.3, -0.25) is 4.79 Å². The number of nitrogens with zero attached hydrogens (tertiary/aromatic N) is 1. The van der Waals surface area contributed by atoms with Crippen molar-refractivity contribution >= 4 is 5.78 Å². The van der Waals surface area contributed by atoms with Gasteiger partial charge in [-0.15, -0.1) is 0 Å². The zero-order chi connectivity index (χ0) is 11.0. The van der Waals surface area contributed by atoms with Crippen LogP contribution in [0.1, 0.15) is 23.2 Å². The number of rotatable bonds is 2. The molecule has 0 radical (unpaired) electrons. The number of fused-ring (bicyclic) bond motifs is 2. The summed E-state index contributed by atoms with van der Waals surface area (Å²) in [6, 6.07) is 0.641. The largest absolute Gasteiger partial charge is 0.378 e. The van der Waals surface area contributed by atoms with Crippen molar-refractivity contribution in [3.8, 4) is 0 Å². The summed E-state index contributed by atoms with van der Waals surface area (Å²) in [6.07, 6.45) is 4.62. The number of hydrogen-bond donors (Lipinski definition) is 1. The van der Waals surface area contributed by atoms with E-state index in [9.17, 15) is 4.79 Å². The predicted molar refractivity (Wildman–Crippen MR) is 55.1 cm³/mol. The number of carbonyl (C=O) groups is 1. The molecule has 0 saturated carbocycles. The lowest BCUT2D eigenvalue weighted by molar-refractivity contribution is 0.00952.